The summed E-state index contributed by atoms with van der Waals surface area (Å²) in [6, 6.07) is 14.0. The molecule has 1 saturated heterocycles. The number of morpholine rings is 1. The van der Waals surface area contributed by atoms with Crippen molar-refractivity contribution in [3.05, 3.63) is 59.2 Å². The van der Waals surface area contributed by atoms with Gasteiger partial charge in [0.2, 0.25) is 5.91 Å². The molecule has 0 aromatic heterocycles. The highest BCUT2D eigenvalue weighted by Crippen LogP contribution is 2.20. The van der Waals surface area contributed by atoms with Crippen LogP contribution in [-0.4, -0.2) is 37.1 Å². The van der Waals surface area contributed by atoms with Gasteiger partial charge in [0.05, 0.1) is 13.2 Å². The summed E-state index contributed by atoms with van der Waals surface area (Å²) >= 11 is 0. The van der Waals surface area contributed by atoms with Crippen LogP contribution in [0.2, 0.25) is 0 Å². The van der Waals surface area contributed by atoms with E-state index < -0.39 is 0 Å². The number of carbonyl (C=O) groups excluding carboxylic acids is 1. The number of nitrogens with zero attached hydrogens (tertiary/aromatic N) is 1. The van der Waals surface area contributed by atoms with Crippen LogP contribution in [0.3, 0.4) is 0 Å². The number of hydrogen-bond donors (Lipinski definition) is 2. The molecule has 154 valence electrons. The fourth-order valence-corrected chi connectivity index (χ4v) is 3.14. The number of amides is 1. The standard InChI is InChI=1S/C21H27N3O2.2ClH/c1-16-6-7-17(15-24-10-12-26-13-11-24)14-20(16)23-21(25)9-8-18-4-2-3-5-19(18)22;;/h2-7,14H,8-13,15,22H2,1H3,(H,23,25);2*1H. The van der Waals surface area contributed by atoms with Crippen LogP contribution in [-0.2, 0) is 22.5 Å². The summed E-state index contributed by atoms with van der Waals surface area (Å²) in [5.74, 6) is 0.0138. The Labute approximate surface area is 179 Å². The third-order valence-electron chi connectivity index (χ3n) is 4.76. The maximum atomic E-state index is 12.4. The van der Waals surface area contributed by atoms with E-state index in [1.165, 1.54) is 5.56 Å². The molecule has 2 aromatic rings. The van der Waals surface area contributed by atoms with E-state index >= 15 is 0 Å². The van der Waals surface area contributed by atoms with Crippen LogP contribution in [0.25, 0.3) is 0 Å². The van der Waals surface area contributed by atoms with Gasteiger partial charge in [-0.15, -0.1) is 24.8 Å². The van der Waals surface area contributed by atoms with Gasteiger partial charge in [0, 0.05) is 37.4 Å². The molecule has 0 unspecified atom stereocenters. The summed E-state index contributed by atoms with van der Waals surface area (Å²) in [6.45, 7) is 6.38. The van der Waals surface area contributed by atoms with E-state index in [2.05, 4.69) is 28.4 Å². The number of aryl methyl sites for hydroxylation is 2. The Kier molecular flexibility index (Phi) is 10.3. The van der Waals surface area contributed by atoms with Gasteiger partial charge >= 0.3 is 0 Å². The second-order valence-corrected chi connectivity index (χ2v) is 6.78. The van der Waals surface area contributed by atoms with Crippen molar-refractivity contribution >= 4 is 42.1 Å². The zero-order chi connectivity index (χ0) is 18.4. The fourth-order valence-electron chi connectivity index (χ4n) is 3.14. The van der Waals surface area contributed by atoms with Gasteiger partial charge in [-0.3, -0.25) is 9.69 Å². The molecule has 0 aliphatic carbocycles. The zero-order valence-electron chi connectivity index (χ0n) is 16.1. The minimum Gasteiger partial charge on any atom is -0.399 e. The van der Waals surface area contributed by atoms with Crippen LogP contribution in [0.4, 0.5) is 11.4 Å². The van der Waals surface area contributed by atoms with E-state index in [0.717, 1.165) is 55.3 Å². The Morgan fingerprint density at radius 2 is 1.86 bits per heavy atom. The van der Waals surface area contributed by atoms with Crippen molar-refractivity contribution in [3.63, 3.8) is 0 Å². The third kappa shape index (κ3) is 6.99. The molecule has 2 aromatic carbocycles. The predicted molar refractivity (Wildman–Crippen MR) is 120 cm³/mol. The molecule has 0 saturated carbocycles. The number of ether oxygens (including phenoxy) is 1. The van der Waals surface area contributed by atoms with Crippen molar-refractivity contribution in [2.45, 2.75) is 26.3 Å². The highest BCUT2D eigenvalue weighted by atomic mass is 35.5. The number of hydrogen-bond acceptors (Lipinski definition) is 4. The van der Waals surface area contributed by atoms with E-state index in [1.54, 1.807) is 0 Å². The zero-order valence-corrected chi connectivity index (χ0v) is 17.8. The number of nitrogen functional groups attached to an aromatic ring is 1. The molecule has 1 fully saturated rings. The summed E-state index contributed by atoms with van der Waals surface area (Å²) in [6.07, 6.45) is 1.06. The summed E-state index contributed by atoms with van der Waals surface area (Å²) in [5, 5.41) is 3.05. The van der Waals surface area contributed by atoms with Gasteiger partial charge in [0.15, 0.2) is 0 Å². The molecule has 0 bridgehead atoms. The molecule has 1 aliphatic rings. The average molecular weight is 426 g/mol. The minimum absolute atomic E-state index is 0. The van der Waals surface area contributed by atoms with Gasteiger partial charge in [0.25, 0.3) is 0 Å². The van der Waals surface area contributed by atoms with Crippen molar-refractivity contribution in [1.82, 2.24) is 4.90 Å². The fraction of sp³-hybridized carbons (Fsp3) is 0.381. The molecular formula is C21H29Cl2N3O2. The normalized spacial score (nSPS) is 13.9. The van der Waals surface area contributed by atoms with E-state index in [0.29, 0.717) is 12.8 Å². The number of para-hydroxylation sites is 1. The number of anilines is 2. The van der Waals surface area contributed by atoms with Crippen LogP contribution in [0.1, 0.15) is 23.1 Å². The number of nitrogens with two attached hydrogens (primary N) is 1. The second-order valence-electron chi connectivity index (χ2n) is 6.78. The first kappa shape index (κ1) is 24.2. The Morgan fingerprint density at radius 1 is 1.14 bits per heavy atom. The molecule has 0 radical (unpaired) electrons. The maximum absolute atomic E-state index is 12.4. The molecule has 1 heterocycles. The Balaban J connectivity index is 0.00000196. The lowest BCUT2D eigenvalue weighted by atomic mass is 10.1. The third-order valence-corrected chi connectivity index (χ3v) is 4.76. The maximum Gasteiger partial charge on any atom is 0.224 e. The summed E-state index contributed by atoms with van der Waals surface area (Å²) in [7, 11) is 0. The first-order valence-electron chi connectivity index (χ1n) is 9.14. The lowest BCUT2D eigenvalue weighted by Crippen LogP contribution is -2.35. The average Bonchev–Trinajstić information content (AvgIpc) is 2.65. The molecule has 0 spiro atoms. The number of carbonyl (C=O) groups is 1. The monoisotopic (exact) mass is 425 g/mol. The molecule has 5 nitrogen and oxygen atoms in total. The SMILES string of the molecule is Cc1ccc(CN2CCOCC2)cc1NC(=O)CCc1ccccc1N.Cl.Cl. The van der Waals surface area contributed by atoms with Crippen molar-refractivity contribution in [2.24, 2.45) is 0 Å². The lowest BCUT2D eigenvalue weighted by Gasteiger charge is -2.26. The van der Waals surface area contributed by atoms with Gasteiger partial charge in [-0.2, -0.15) is 0 Å². The van der Waals surface area contributed by atoms with Gasteiger partial charge in [-0.25, -0.2) is 0 Å². The number of halogens is 2. The predicted octanol–water partition coefficient (Wildman–Crippen LogP) is 3.82. The molecule has 7 heteroatoms. The van der Waals surface area contributed by atoms with Crippen LogP contribution in [0, 0.1) is 6.92 Å². The molecule has 3 N–H and O–H groups in total. The summed E-state index contributed by atoms with van der Waals surface area (Å²) in [4.78, 5) is 14.7. The first-order chi connectivity index (χ1) is 12.6. The quantitative estimate of drug-likeness (QED) is 0.690. The largest absolute Gasteiger partial charge is 0.399 e. The highest BCUT2D eigenvalue weighted by Gasteiger charge is 2.12. The van der Waals surface area contributed by atoms with Crippen LogP contribution in [0.15, 0.2) is 42.5 Å². The molecule has 0 atom stereocenters. The second kappa shape index (κ2) is 11.9. The van der Waals surface area contributed by atoms with E-state index in [4.69, 9.17) is 10.5 Å². The van der Waals surface area contributed by atoms with Gasteiger partial charge in [0.1, 0.15) is 0 Å². The molecule has 1 amide bonds. The van der Waals surface area contributed by atoms with Gasteiger partial charge < -0.3 is 15.8 Å². The number of rotatable bonds is 6. The molecule has 3 rings (SSSR count). The van der Waals surface area contributed by atoms with E-state index in [-0.39, 0.29) is 30.7 Å². The van der Waals surface area contributed by atoms with Gasteiger partial charge in [-0.05, 0) is 42.2 Å². The highest BCUT2D eigenvalue weighted by molar-refractivity contribution is 5.91. The smallest absolute Gasteiger partial charge is 0.224 e. The van der Waals surface area contributed by atoms with E-state index in [1.807, 2.05) is 31.2 Å². The topological polar surface area (TPSA) is 67.6 Å². The van der Waals surface area contributed by atoms with Crippen molar-refractivity contribution in [3.8, 4) is 0 Å². The Hall–Kier alpha value is -1.79. The van der Waals surface area contributed by atoms with Crippen LogP contribution >= 0.6 is 24.8 Å². The first-order valence-corrected chi connectivity index (χ1v) is 9.14. The van der Waals surface area contributed by atoms with E-state index in [9.17, 15) is 4.79 Å². The van der Waals surface area contributed by atoms with Crippen molar-refractivity contribution in [2.75, 3.05) is 37.4 Å². The van der Waals surface area contributed by atoms with Crippen molar-refractivity contribution in [1.29, 1.82) is 0 Å². The molecular weight excluding hydrogens is 397 g/mol. The van der Waals surface area contributed by atoms with Crippen LogP contribution < -0.4 is 11.1 Å². The van der Waals surface area contributed by atoms with Crippen molar-refractivity contribution < 1.29 is 9.53 Å². The minimum atomic E-state index is 0. The summed E-state index contributed by atoms with van der Waals surface area (Å²) < 4.78 is 5.40. The summed E-state index contributed by atoms with van der Waals surface area (Å²) in [5.41, 5.74) is 10.9. The lowest BCUT2D eigenvalue weighted by molar-refractivity contribution is -0.116. The number of benzene rings is 2. The van der Waals surface area contributed by atoms with Crippen LogP contribution in [0.5, 0.6) is 0 Å². The number of nitrogens with one attached hydrogen (secondary N) is 1. The molecule has 28 heavy (non-hydrogen) atoms. The van der Waals surface area contributed by atoms with Gasteiger partial charge in [-0.1, -0.05) is 30.3 Å². The Bertz CT molecular complexity index is 765. The Morgan fingerprint density at radius 3 is 2.57 bits per heavy atom. The molecule has 1 aliphatic heterocycles.